The van der Waals surface area contributed by atoms with Crippen LogP contribution in [0.1, 0.15) is 22.8 Å². The number of nitrogens with zero attached hydrogens (tertiary/aromatic N) is 1. The van der Waals surface area contributed by atoms with Gasteiger partial charge in [-0.2, -0.15) is 0 Å². The molecule has 0 unspecified atom stereocenters. The van der Waals surface area contributed by atoms with Gasteiger partial charge in [0.1, 0.15) is 5.75 Å². The molecule has 2 aromatic carbocycles. The Labute approximate surface area is 143 Å². The first-order valence-corrected chi connectivity index (χ1v) is 7.55. The van der Waals surface area contributed by atoms with Gasteiger partial charge < -0.3 is 4.74 Å². The highest BCUT2D eigenvalue weighted by Gasteiger charge is 2.10. The molecule has 2 aromatic rings. The van der Waals surface area contributed by atoms with E-state index in [4.69, 9.17) is 4.74 Å². The predicted molar refractivity (Wildman–Crippen MR) is 90.0 cm³/mol. The Hall–Kier alpha value is -3.42. The fraction of sp³-hybridized carbons (Fsp3) is 0.176. The first kappa shape index (κ1) is 17.9. The van der Waals surface area contributed by atoms with Crippen LogP contribution in [0.5, 0.6) is 5.75 Å². The van der Waals surface area contributed by atoms with Crippen LogP contribution in [0.25, 0.3) is 0 Å². The lowest BCUT2D eigenvalue weighted by molar-refractivity contribution is -0.384. The van der Waals surface area contributed by atoms with Crippen LogP contribution in [0.2, 0.25) is 0 Å². The minimum absolute atomic E-state index is 0.122. The summed E-state index contributed by atoms with van der Waals surface area (Å²) in [6.07, 6.45) is 0.856. The van der Waals surface area contributed by atoms with Crippen molar-refractivity contribution in [1.29, 1.82) is 0 Å². The number of nitrogens with one attached hydrogen (secondary N) is 2. The van der Waals surface area contributed by atoms with Crippen molar-refractivity contribution in [2.75, 3.05) is 6.61 Å². The molecule has 0 aromatic heterocycles. The third-order valence-corrected chi connectivity index (χ3v) is 3.33. The van der Waals surface area contributed by atoms with Crippen molar-refractivity contribution in [3.8, 4) is 5.75 Å². The SMILES string of the molecule is CCc1cccc(OCC(=O)NNC(=O)c2ccc([N+](=O)[O-])cc2)c1. The van der Waals surface area contributed by atoms with Crippen LogP contribution in [-0.4, -0.2) is 23.3 Å². The molecule has 0 bridgehead atoms. The summed E-state index contributed by atoms with van der Waals surface area (Å²) in [4.78, 5) is 33.6. The lowest BCUT2D eigenvalue weighted by atomic mass is 10.2. The van der Waals surface area contributed by atoms with Crippen molar-refractivity contribution < 1.29 is 19.2 Å². The largest absolute Gasteiger partial charge is 0.484 e. The number of hydrazine groups is 1. The maximum Gasteiger partial charge on any atom is 0.276 e. The number of aryl methyl sites for hydroxylation is 1. The fourth-order valence-corrected chi connectivity index (χ4v) is 1.97. The zero-order valence-electron chi connectivity index (χ0n) is 13.5. The Kier molecular flexibility index (Phi) is 6.05. The lowest BCUT2D eigenvalue weighted by Crippen LogP contribution is -2.43. The average Bonchev–Trinajstić information content (AvgIpc) is 2.64. The van der Waals surface area contributed by atoms with E-state index in [2.05, 4.69) is 10.9 Å². The first-order chi connectivity index (χ1) is 12.0. The topological polar surface area (TPSA) is 111 Å². The van der Waals surface area contributed by atoms with Gasteiger partial charge >= 0.3 is 0 Å². The zero-order chi connectivity index (χ0) is 18.2. The second-order valence-electron chi connectivity index (χ2n) is 5.10. The number of carbonyl (C=O) groups excluding carboxylic acids is 2. The van der Waals surface area contributed by atoms with Crippen LogP contribution in [0.15, 0.2) is 48.5 Å². The highest BCUT2D eigenvalue weighted by Crippen LogP contribution is 2.13. The van der Waals surface area contributed by atoms with E-state index in [1.807, 2.05) is 25.1 Å². The molecule has 0 atom stereocenters. The molecule has 130 valence electrons. The summed E-state index contributed by atoms with van der Waals surface area (Å²) >= 11 is 0. The maximum atomic E-state index is 11.9. The molecule has 0 aliphatic heterocycles. The Morgan fingerprint density at radius 3 is 2.48 bits per heavy atom. The van der Waals surface area contributed by atoms with E-state index in [1.54, 1.807) is 6.07 Å². The van der Waals surface area contributed by atoms with Crippen LogP contribution in [-0.2, 0) is 11.2 Å². The normalized spacial score (nSPS) is 9.96. The number of benzene rings is 2. The van der Waals surface area contributed by atoms with E-state index in [0.717, 1.165) is 12.0 Å². The summed E-state index contributed by atoms with van der Waals surface area (Å²) in [6, 6.07) is 12.4. The van der Waals surface area contributed by atoms with Gasteiger partial charge in [0.05, 0.1) is 4.92 Å². The summed E-state index contributed by atoms with van der Waals surface area (Å²) in [5.74, 6) is -0.551. The van der Waals surface area contributed by atoms with Gasteiger partial charge in [-0.1, -0.05) is 19.1 Å². The molecule has 0 radical (unpaired) electrons. The van der Waals surface area contributed by atoms with E-state index in [9.17, 15) is 19.7 Å². The number of ether oxygens (including phenoxy) is 1. The van der Waals surface area contributed by atoms with E-state index >= 15 is 0 Å². The highest BCUT2D eigenvalue weighted by molar-refractivity contribution is 5.95. The summed E-state index contributed by atoms with van der Waals surface area (Å²) < 4.78 is 5.35. The first-order valence-electron chi connectivity index (χ1n) is 7.55. The monoisotopic (exact) mass is 343 g/mol. The Balaban J connectivity index is 1.80. The van der Waals surface area contributed by atoms with E-state index in [0.29, 0.717) is 5.75 Å². The molecule has 8 heteroatoms. The van der Waals surface area contributed by atoms with Crippen molar-refractivity contribution in [2.45, 2.75) is 13.3 Å². The van der Waals surface area contributed by atoms with Crippen molar-refractivity contribution in [3.63, 3.8) is 0 Å². The molecule has 0 saturated heterocycles. The van der Waals surface area contributed by atoms with Gasteiger partial charge in [0.15, 0.2) is 6.61 Å². The van der Waals surface area contributed by atoms with E-state index in [1.165, 1.54) is 24.3 Å². The number of carbonyl (C=O) groups is 2. The number of nitro benzene ring substituents is 1. The van der Waals surface area contributed by atoms with E-state index in [-0.39, 0.29) is 17.9 Å². The second-order valence-corrected chi connectivity index (χ2v) is 5.10. The van der Waals surface area contributed by atoms with E-state index < -0.39 is 16.7 Å². The minimum Gasteiger partial charge on any atom is -0.484 e. The second kappa shape index (κ2) is 8.44. The van der Waals surface area contributed by atoms with Crippen LogP contribution in [0, 0.1) is 10.1 Å². The lowest BCUT2D eigenvalue weighted by Gasteiger charge is -2.09. The van der Waals surface area contributed by atoms with Gasteiger partial charge in [-0.15, -0.1) is 0 Å². The van der Waals surface area contributed by atoms with Gasteiger partial charge in [-0.05, 0) is 36.2 Å². The van der Waals surface area contributed by atoms with Crippen molar-refractivity contribution >= 4 is 17.5 Å². The third-order valence-electron chi connectivity index (χ3n) is 3.33. The molecular weight excluding hydrogens is 326 g/mol. The van der Waals surface area contributed by atoms with Crippen LogP contribution >= 0.6 is 0 Å². The fourth-order valence-electron chi connectivity index (χ4n) is 1.97. The number of nitro groups is 1. The maximum absolute atomic E-state index is 11.9. The average molecular weight is 343 g/mol. The number of hydrogen-bond donors (Lipinski definition) is 2. The summed E-state index contributed by atoms with van der Waals surface area (Å²) in [5, 5.41) is 10.6. The van der Waals surface area contributed by atoms with Crippen molar-refractivity contribution in [2.24, 2.45) is 0 Å². The Morgan fingerprint density at radius 2 is 1.84 bits per heavy atom. The Morgan fingerprint density at radius 1 is 1.12 bits per heavy atom. The van der Waals surface area contributed by atoms with Crippen LogP contribution in [0.3, 0.4) is 0 Å². The van der Waals surface area contributed by atoms with Crippen LogP contribution < -0.4 is 15.6 Å². The molecule has 0 aliphatic rings. The Bertz CT molecular complexity index is 774. The molecule has 0 spiro atoms. The molecule has 0 heterocycles. The number of amides is 2. The van der Waals surface area contributed by atoms with Gasteiger partial charge in [-0.3, -0.25) is 30.6 Å². The standard InChI is InChI=1S/C17H17N3O5/c1-2-12-4-3-5-15(10-12)25-11-16(21)18-19-17(22)13-6-8-14(9-7-13)20(23)24/h3-10H,2,11H2,1H3,(H,18,21)(H,19,22). The van der Waals surface area contributed by atoms with Gasteiger partial charge in [0.2, 0.25) is 0 Å². The number of hydrogen-bond acceptors (Lipinski definition) is 5. The molecule has 2 N–H and O–H groups in total. The van der Waals surface area contributed by atoms with Gasteiger partial charge in [-0.25, -0.2) is 0 Å². The molecule has 2 rings (SSSR count). The van der Waals surface area contributed by atoms with Crippen molar-refractivity contribution in [3.05, 3.63) is 69.8 Å². The molecule has 0 saturated carbocycles. The highest BCUT2D eigenvalue weighted by atomic mass is 16.6. The zero-order valence-corrected chi connectivity index (χ0v) is 13.5. The molecule has 0 fully saturated rings. The minimum atomic E-state index is -0.587. The smallest absolute Gasteiger partial charge is 0.276 e. The quantitative estimate of drug-likeness (QED) is 0.615. The summed E-state index contributed by atoms with van der Waals surface area (Å²) in [6.45, 7) is 1.76. The predicted octanol–water partition coefficient (Wildman–Crippen LogP) is 2.00. The molecular formula is C17H17N3O5. The summed E-state index contributed by atoms with van der Waals surface area (Å²) in [7, 11) is 0. The molecule has 25 heavy (non-hydrogen) atoms. The molecule has 0 aliphatic carbocycles. The van der Waals surface area contributed by atoms with Crippen molar-refractivity contribution in [1.82, 2.24) is 10.9 Å². The number of non-ortho nitro benzene ring substituents is 1. The van der Waals surface area contributed by atoms with Gasteiger partial charge in [0.25, 0.3) is 17.5 Å². The molecule has 2 amide bonds. The summed E-state index contributed by atoms with van der Waals surface area (Å²) in [5.41, 5.74) is 5.59. The number of rotatable bonds is 6. The third kappa shape index (κ3) is 5.31. The molecule has 8 nitrogen and oxygen atoms in total. The van der Waals surface area contributed by atoms with Gasteiger partial charge in [0, 0.05) is 17.7 Å². The van der Waals surface area contributed by atoms with Crippen LogP contribution in [0.4, 0.5) is 5.69 Å².